The first-order chi connectivity index (χ1) is 15.2. The van der Waals surface area contributed by atoms with E-state index in [4.69, 9.17) is 16.3 Å². The first-order valence-electron chi connectivity index (χ1n) is 9.27. The van der Waals surface area contributed by atoms with E-state index in [1.807, 2.05) is 30.3 Å². The molecule has 1 aliphatic rings. The minimum atomic E-state index is -0.838. The van der Waals surface area contributed by atoms with Crippen LogP contribution >= 0.6 is 11.6 Å². The van der Waals surface area contributed by atoms with Gasteiger partial charge in [-0.3, -0.25) is 14.9 Å². The third-order valence-corrected chi connectivity index (χ3v) is 5.10. The zero-order valence-electron chi connectivity index (χ0n) is 17.1. The maximum Gasteiger partial charge on any atom is 0.331 e. The van der Waals surface area contributed by atoms with Crippen molar-refractivity contribution >= 4 is 46.5 Å². The fourth-order valence-electron chi connectivity index (χ4n) is 3.25. The number of nitro benzene ring substituents is 1. The molecule has 9 nitrogen and oxygen atoms in total. The van der Waals surface area contributed by atoms with Crippen LogP contribution in [-0.2, 0) is 14.3 Å². The minimum absolute atomic E-state index is 0.0265. The lowest BCUT2D eigenvalue weighted by Crippen LogP contribution is -2.27. The van der Waals surface area contributed by atoms with Crippen LogP contribution in [-0.4, -0.2) is 37.4 Å². The smallest absolute Gasteiger partial charge is 0.331 e. The Bertz CT molecular complexity index is 1180. The van der Waals surface area contributed by atoms with Gasteiger partial charge in [0, 0.05) is 26.2 Å². The van der Waals surface area contributed by atoms with Gasteiger partial charge in [-0.05, 0) is 29.8 Å². The number of ether oxygens (including phenoxy) is 1. The highest BCUT2D eigenvalue weighted by molar-refractivity contribution is 6.32. The number of benzene rings is 2. The molecule has 0 amide bonds. The number of rotatable bonds is 6. The maximum absolute atomic E-state index is 12.6. The average Bonchev–Trinajstić information content (AvgIpc) is 3.03. The number of fused-ring (bicyclic) bond motifs is 1. The van der Waals surface area contributed by atoms with Crippen LogP contribution in [0.5, 0.6) is 0 Å². The number of nitro groups is 1. The van der Waals surface area contributed by atoms with E-state index < -0.39 is 23.3 Å². The molecule has 0 fully saturated rings. The normalized spacial score (nSPS) is 12.5. The van der Waals surface area contributed by atoms with Crippen molar-refractivity contribution in [3.8, 4) is 6.07 Å². The lowest BCUT2D eigenvalue weighted by Gasteiger charge is -2.19. The third kappa shape index (κ3) is 4.45. The molecule has 10 heteroatoms. The van der Waals surface area contributed by atoms with Crippen molar-refractivity contribution in [1.29, 1.82) is 5.26 Å². The lowest BCUT2D eigenvalue weighted by molar-refractivity contribution is -0.384. The quantitative estimate of drug-likeness (QED) is 0.214. The second kappa shape index (κ2) is 9.32. The molecule has 0 aromatic heterocycles. The van der Waals surface area contributed by atoms with Gasteiger partial charge in [0.25, 0.3) is 5.69 Å². The molecule has 0 spiro atoms. The van der Waals surface area contributed by atoms with Crippen LogP contribution < -0.4 is 9.80 Å². The van der Waals surface area contributed by atoms with Gasteiger partial charge in [-0.15, -0.1) is 0 Å². The Morgan fingerprint density at radius 2 is 1.81 bits per heavy atom. The number of anilines is 2. The van der Waals surface area contributed by atoms with Gasteiger partial charge in [0.05, 0.1) is 16.3 Å². The topological polar surface area (TPSA) is 117 Å². The number of halogens is 1. The van der Waals surface area contributed by atoms with Gasteiger partial charge in [0.2, 0.25) is 5.78 Å². The first-order valence-corrected chi connectivity index (χ1v) is 9.65. The summed E-state index contributed by atoms with van der Waals surface area (Å²) in [7, 11) is 3.48. The van der Waals surface area contributed by atoms with Crippen LogP contribution in [0, 0.1) is 21.4 Å². The Morgan fingerprint density at radius 3 is 2.38 bits per heavy atom. The predicted molar refractivity (Wildman–Crippen MR) is 119 cm³/mol. The van der Waals surface area contributed by atoms with Gasteiger partial charge in [0.15, 0.2) is 6.61 Å². The van der Waals surface area contributed by atoms with Crippen molar-refractivity contribution < 1.29 is 19.2 Å². The molecule has 1 aliphatic heterocycles. The van der Waals surface area contributed by atoms with Gasteiger partial charge in [-0.2, -0.15) is 5.26 Å². The van der Waals surface area contributed by atoms with E-state index in [1.54, 1.807) is 23.9 Å². The van der Waals surface area contributed by atoms with Crippen molar-refractivity contribution in [2.45, 2.75) is 0 Å². The summed E-state index contributed by atoms with van der Waals surface area (Å²) in [4.78, 5) is 38.4. The van der Waals surface area contributed by atoms with E-state index in [9.17, 15) is 25.0 Å². The summed E-state index contributed by atoms with van der Waals surface area (Å²) >= 11 is 5.75. The molecule has 0 unspecified atom stereocenters. The van der Waals surface area contributed by atoms with Crippen LogP contribution in [0.3, 0.4) is 0 Å². The Balaban J connectivity index is 1.70. The van der Waals surface area contributed by atoms with Gasteiger partial charge in [0.1, 0.15) is 22.5 Å². The van der Waals surface area contributed by atoms with Gasteiger partial charge >= 0.3 is 5.97 Å². The van der Waals surface area contributed by atoms with Crippen LogP contribution in [0.15, 0.2) is 59.9 Å². The molecule has 0 bridgehead atoms. The molecule has 0 saturated heterocycles. The number of hydrogen-bond acceptors (Lipinski definition) is 8. The molecule has 0 radical (unpaired) electrons. The molecule has 32 heavy (non-hydrogen) atoms. The summed E-state index contributed by atoms with van der Waals surface area (Å²) < 4.78 is 4.96. The summed E-state index contributed by atoms with van der Waals surface area (Å²) in [6.07, 6.45) is 2.33. The lowest BCUT2D eigenvalue weighted by atomic mass is 10.2. The zero-order chi connectivity index (χ0) is 23.4. The summed E-state index contributed by atoms with van der Waals surface area (Å²) in [6.45, 7) is -0.631. The number of carbonyl (C=O) groups is 2. The second-order valence-electron chi connectivity index (χ2n) is 6.75. The standard InChI is InChI=1S/C22H17ClN4O5/c1-25-17-5-3-4-6-18(17)26(2)22(25)15(12-24)20(28)13-32-21(29)10-8-14-7-9-16(23)19(11-14)27(30)31/h3-11H,13H2,1-2H3/b10-8+. The van der Waals surface area contributed by atoms with Gasteiger partial charge in [-0.1, -0.05) is 29.8 Å². The fourth-order valence-corrected chi connectivity index (χ4v) is 3.44. The average molecular weight is 453 g/mol. The monoisotopic (exact) mass is 452 g/mol. The third-order valence-electron chi connectivity index (χ3n) is 4.78. The fraction of sp³-hybridized carbons (Fsp3) is 0.136. The molecule has 2 aromatic carbocycles. The van der Waals surface area contributed by atoms with Crippen LogP contribution in [0.25, 0.3) is 6.08 Å². The predicted octanol–water partition coefficient (Wildman–Crippen LogP) is 3.70. The Labute approximate surface area is 188 Å². The highest BCUT2D eigenvalue weighted by Crippen LogP contribution is 2.40. The van der Waals surface area contributed by atoms with E-state index in [2.05, 4.69) is 0 Å². The second-order valence-corrected chi connectivity index (χ2v) is 7.16. The number of ketones is 1. The SMILES string of the molecule is CN1C(=C(C#N)C(=O)COC(=O)/C=C/c2ccc(Cl)c([N+](=O)[O-])c2)N(C)c2ccccc21. The zero-order valence-corrected chi connectivity index (χ0v) is 17.9. The number of carbonyl (C=O) groups excluding carboxylic acids is 2. The molecule has 0 atom stereocenters. The summed E-state index contributed by atoms with van der Waals surface area (Å²) in [5.74, 6) is -1.11. The largest absolute Gasteiger partial charge is 0.454 e. The molecular weight excluding hydrogens is 436 g/mol. The highest BCUT2D eigenvalue weighted by Gasteiger charge is 2.31. The van der Waals surface area contributed by atoms with E-state index in [0.717, 1.165) is 17.5 Å². The van der Waals surface area contributed by atoms with Crippen molar-refractivity contribution in [2.75, 3.05) is 30.5 Å². The van der Waals surface area contributed by atoms with Gasteiger partial charge in [-0.25, -0.2) is 4.79 Å². The number of nitrogens with zero attached hydrogens (tertiary/aromatic N) is 4. The number of nitriles is 1. The Hall–Kier alpha value is -4.16. The Kier molecular flexibility index (Phi) is 6.56. The molecule has 162 valence electrons. The van der Waals surface area contributed by atoms with Crippen LogP contribution in [0.1, 0.15) is 5.56 Å². The highest BCUT2D eigenvalue weighted by atomic mass is 35.5. The van der Waals surface area contributed by atoms with Crippen molar-refractivity contribution in [2.24, 2.45) is 0 Å². The minimum Gasteiger partial charge on any atom is -0.454 e. The molecule has 1 heterocycles. The molecule has 2 aromatic rings. The van der Waals surface area contributed by atoms with Crippen LogP contribution in [0.4, 0.5) is 17.1 Å². The van der Waals surface area contributed by atoms with E-state index >= 15 is 0 Å². The summed E-state index contributed by atoms with van der Waals surface area (Å²) in [5.41, 5.74) is 1.59. The molecule has 3 rings (SSSR count). The van der Waals surface area contributed by atoms with Crippen molar-refractivity contribution in [3.63, 3.8) is 0 Å². The number of esters is 1. The van der Waals surface area contributed by atoms with Crippen molar-refractivity contribution in [3.05, 3.63) is 80.6 Å². The first kappa shape index (κ1) is 22.5. The molecule has 0 N–H and O–H groups in total. The van der Waals surface area contributed by atoms with Gasteiger partial charge < -0.3 is 14.5 Å². The summed E-state index contributed by atoms with van der Waals surface area (Å²) in [6, 6.07) is 13.4. The summed E-state index contributed by atoms with van der Waals surface area (Å²) in [5, 5.41) is 20.5. The number of hydrogen-bond donors (Lipinski definition) is 0. The van der Waals surface area contributed by atoms with Crippen LogP contribution in [0.2, 0.25) is 5.02 Å². The number of Topliss-reactive ketones (excluding diaryl/α,β-unsaturated/α-hetero) is 1. The number of para-hydroxylation sites is 2. The van der Waals surface area contributed by atoms with E-state index in [0.29, 0.717) is 11.4 Å². The van der Waals surface area contributed by atoms with E-state index in [-0.39, 0.29) is 16.3 Å². The molecule has 0 aliphatic carbocycles. The van der Waals surface area contributed by atoms with Crippen molar-refractivity contribution in [1.82, 2.24) is 0 Å². The maximum atomic E-state index is 12.6. The molecule has 0 saturated carbocycles. The van der Waals surface area contributed by atoms with E-state index in [1.165, 1.54) is 24.3 Å². The Morgan fingerprint density at radius 1 is 1.19 bits per heavy atom. The molecular formula is C22H17ClN4O5.